The Bertz CT molecular complexity index is 224. The monoisotopic (exact) mass is 210 g/mol. The minimum atomic E-state index is -1.01. The van der Waals surface area contributed by atoms with Crippen molar-refractivity contribution < 1.29 is 5.11 Å². The highest BCUT2D eigenvalue weighted by Crippen LogP contribution is 2.40. The maximum atomic E-state index is 9.76. The summed E-state index contributed by atoms with van der Waals surface area (Å²) in [5.41, 5.74) is 0. The van der Waals surface area contributed by atoms with Crippen LogP contribution < -0.4 is 0 Å². The van der Waals surface area contributed by atoms with Gasteiger partial charge in [-0.25, -0.2) is 0 Å². The quantitative estimate of drug-likeness (QED) is 0.673. The molecule has 1 atom stereocenters. The molecule has 0 aromatic rings. The highest BCUT2D eigenvalue weighted by molar-refractivity contribution is 8.00. The Labute approximate surface area is 80.1 Å². The van der Waals surface area contributed by atoms with E-state index in [1.54, 1.807) is 18.4 Å². The lowest BCUT2D eigenvalue weighted by atomic mass is 10.1. The van der Waals surface area contributed by atoms with Gasteiger partial charge in [-0.2, -0.15) is 0 Å². The Balaban J connectivity index is 2.89. The lowest BCUT2D eigenvalue weighted by molar-refractivity contribution is 0.184. The molecule has 1 aliphatic carbocycles. The Morgan fingerprint density at radius 2 is 2.18 bits per heavy atom. The molecule has 0 heterocycles. The Morgan fingerprint density at radius 3 is 2.64 bits per heavy atom. The van der Waals surface area contributed by atoms with Gasteiger partial charge < -0.3 is 5.11 Å². The van der Waals surface area contributed by atoms with Crippen LogP contribution in [0.15, 0.2) is 22.2 Å². The molecule has 0 saturated heterocycles. The van der Waals surface area contributed by atoms with Gasteiger partial charge in [0.15, 0.2) is 4.93 Å². The normalized spacial score (nSPS) is 31.3. The molecule has 0 saturated carbocycles. The van der Waals surface area contributed by atoms with Gasteiger partial charge >= 0.3 is 0 Å². The molecule has 0 amide bonds. The summed E-state index contributed by atoms with van der Waals surface area (Å²) in [5.74, 6) is 0. The first-order valence-electron chi connectivity index (χ1n) is 3.08. The molecule has 0 spiro atoms. The van der Waals surface area contributed by atoms with Gasteiger partial charge in [0.1, 0.15) is 0 Å². The van der Waals surface area contributed by atoms with Crippen molar-refractivity contribution in [2.75, 3.05) is 6.26 Å². The van der Waals surface area contributed by atoms with Gasteiger partial charge in [0.05, 0.1) is 5.03 Å². The predicted molar refractivity (Wildman–Crippen MR) is 51.0 cm³/mol. The van der Waals surface area contributed by atoms with Crippen molar-refractivity contribution in [2.24, 2.45) is 0 Å². The molecule has 0 aromatic carbocycles. The first kappa shape index (κ1) is 9.46. The van der Waals surface area contributed by atoms with E-state index in [9.17, 15) is 5.11 Å². The van der Waals surface area contributed by atoms with Crippen LogP contribution in [0.1, 0.15) is 6.42 Å². The second kappa shape index (κ2) is 3.40. The lowest BCUT2D eigenvalue weighted by Gasteiger charge is -2.27. The number of hydrogen-bond acceptors (Lipinski definition) is 2. The number of halogens is 2. The smallest absolute Gasteiger partial charge is 0.151 e. The fraction of sp³-hybridized carbons (Fsp3) is 0.429. The summed E-state index contributed by atoms with van der Waals surface area (Å²) in [4.78, 5) is -1.01. The van der Waals surface area contributed by atoms with Crippen LogP contribution in [0.3, 0.4) is 0 Å². The van der Waals surface area contributed by atoms with E-state index in [1.165, 1.54) is 11.8 Å². The van der Waals surface area contributed by atoms with Crippen LogP contribution in [0.5, 0.6) is 0 Å². The SMILES string of the molecule is CSC1(O)CC(Cl)=CC=C1Cl. The van der Waals surface area contributed by atoms with Gasteiger partial charge in [-0.15, -0.1) is 11.8 Å². The summed E-state index contributed by atoms with van der Waals surface area (Å²) >= 11 is 12.8. The second-order valence-corrected chi connectivity index (χ2v) is 4.27. The lowest BCUT2D eigenvalue weighted by Crippen LogP contribution is -2.25. The molecule has 0 aliphatic heterocycles. The van der Waals surface area contributed by atoms with E-state index in [0.29, 0.717) is 16.5 Å². The van der Waals surface area contributed by atoms with E-state index in [2.05, 4.69) is 0 Å². The fourth-order valence-corrected chi connectivity index (χ4v) is 2.10. The number of rotatable bonds is 1. The first-order valence-corrected chi connectivity index (χ1v) is 5.06. The van der Waals surface area contributed by atoms with Crippen LogP contribution in [0.4, 0.5) is 0 Å². The first-order chi connectivity index (χ1) is 5.08. The van der Waals surface area contributed by atoms with Crippen molar-refractivity contribution in [3.63, 3.8) is 0 Å². The zero-order valence-electron chi connectivity index (χ0n) is 5.97. The molecular weight excluding hydrogens is 203 g/mol. The summed E-state index contributed by atoms with van der Waals surface area (Å²) in [6, 6.07) is 0. The highest BCUT2D eigenvalue weighted by Gasteiger charge is 2.32. The van der Waals surface area contributed by atoms with Gasteiger partial charge in [0, 0.05) is 11.5 Å². The molecule has 1 N–H and O–H groups in total. The largest absolute Gasteiger partial charge is 0.374 e. The standard InChI is InChI=1S/C7H8Cl2OS/c1-11-7(10)4-5(8)2-3-6(7)9/h2-3,10H,4H2,1H3. The Hall–Kier alpha value is 0.370. The van der Waals surface area contributed by atoms with Gasteiger partial charge in [-0.05, 0) is 18.4 Å². The van der Waals surface area contributed by atoms with E-state index in [-0.39, 0.29) is 0 Å². The van der Waals surface area contributed by atoms with E-state index >= 15 is 0 Å². The van der Waals surface area contributed by atoms with E-state index in [0.717, 1.165) is 0 Å². The van der Waals surface area contributed by atoms with Gasteiger partial charge in [-0.1, -0.05) is 23.2 Å². The molecule has 11 heavy (non-hydrogen) atoms. The maximum Gasteiger partial charge on any atom is 0.151 e. The Morgan fingerprint density at radius 1 is 1.55 bits per heavy atom. The fourth-order valence-electron chi connectivity index (χ4n) is 0.836. The summed E-state index contributed by atoms with van der Waals surface area (Å²) in [7, 11) is 0. The number of aliphatic hydroxyl groups is 1. The molecule has 0 aromatic heterocycles. The van der Waals surface area contributed by atoms with Crippen LogP contribution in [0.25, 0.3) is 0 Å². The third-order valence-electron chi connectivity index (χ3n) is 1.53. The molecule has 62 valence electrons. The van der Waals surface area contributed by atoms with Crippen LogP contribution in [0.2, 0.25) is 0 Å². The van der Waals surface area contributed by atoms with Crippen LogP contribution in [-0.2, 0) is 0 Å². The van der Waals surface area contributed by atoms with Crippen LogP contribution in [0, 0.1) is 0 Å². The van der Waals surface area contributed by atoms with E-state index < -0.39 is 4.93 Å². The van der Waals surface area contributed by atoms with Gasteiger partial charge in [0.2, 0.25) is 0 Å². The molecule has 1 rings (SSSR count). The summed E-state index contributed by atoms with van der Waals surface area (Å²) in [6.45, 7) is 0. The summed E-state index contributed by atoms with van der Waals surface area (Å²) < 4.78 is 0. The van der Waals surface area contributed by atoms with Crippen molar-refractivity contribution in [3.8, 4) is 0 Å². The zero-order valence-corrected chi connectivity index (χ0v) is 8.30. The second-order valence-electron chi connectivity index (χ2n) is 2.29. The average Bonchev–Trinajstić information content (AvgIpc) is 1.98. The predicted octanol–water partition coefficient (Wildman–Crippen LogP) is 2.69. The van der Waals surface area contributed by atoms with Gasteiger partial charge in [0.25, 0.3) is 0 Å². The third-order valence-corrected chi connectivity index (χ3v) is 3.38. The van der Waals surface area contributed by atoms with Crippen molar-refractivity contribution in [2.45, 2.75) is 11.4 Å². The highest BCUT2D eigenvalue weighted by atomic mass is 35.5. The third kappa shape index (κ3) is 1.94. The zero-order chi connectivity index (χ0) is 8.48. The minimum absolute atomic E-state index is 0.394. The van der Waals surface area contributed by atoms with Gasteiger partial charge in [-0.3, -0.25) is 0 Å². The molecule has 1 unspecified atom stereocenters. The van der Waals surface area contributed by atoms with Crippen LogP contribution >= 0.6 is 35.0 Å². The summed E-state index contributed by atoms with van der Waals surface area (Å²) in [5, 5.41) is 10.8. The van der Waals surface area contributed by atoms with Crippen molar-refractivity contribution in [1.82, 2.24) is 0 Å². The Kier molecular flexibility index (Phi) is 2.92. The maximum absolute atomic E-state index is 9.76. The molecule has 0 fully saturated rings. The molecule has 1 nitrogen and oxygen atoms in total. The molecular formula is C7H8Cl2OS. The topological polar surface area (TPSA) is 20.2 Å². The van der Waals surface area contributed by atoms with E-state index in [4.69, 9.17) is 23.2 Å². The van der Waals surface area contributed by atoms with Crippen molar-refractivity contribution in [1.29, 1.82) is 0 Å². The van der Waals surface area contributed by atoms with Crippen LogP contribution in [-0.4, -0.2) is 16.3 Å². The molecule has 1 aliphatic rings. The van der Waals surface area contributed by atoms with E-state index in [1.807, 2.05) is 0 Å². The molecule has 0 radical (unpaired) electrons. The minimum Gasteiger partial charge on any atom is -0.374 e. The number of hydrogen-bond donors (Lipinski definition) is 1. The molecule has 0 bridgehead atoms. The average molecular weight is 211 g/mol. The van der Waals surface area contributed by atoms with Crippen molar-refractivity contribution in [3.05, 3.63) is 22.2 Å². The number of allylic oxidation sites excluding steroid dienone is 2. The molecule has 4 heteroatoms. The van der Waals surface area contributed by atoms with Crippen molar-refractivity contribution >= 4 is 35.0 Å². The summed E-state index contributed by atoms with van der Waals surface area (Å²) in [6.07, 6.45) is 5.52. The number of thioether (sulfide) groups is 1.